The number of benzene rings is 2. The normalized spacial score (nSPS) is 17.3. The van der Waals surface area contributed by atoms with Gasteiger partial charge in [-0.3, -0.25) is 14.4 Å². The molecule has 1 saturated heterocycles. The number of amides is 3. The van der Waals surface area contributed by atoms with Crippen molar-refractivity contribution in [2.45, 2.75) is 56.7 Å². The van der Waals surface area contributed by atoms with Gasteiger partial charge in [0.2, 0.25) is 5.91 Å². The van der Waals surface area contributed by atoms with Gasteiger partial charge in [-0.05, 0) is 56.0 Å². The van der Waals surface area contributed by atoms with Gasteiger partial charge in [0.1, 0.15) is 6.04 Å². The first-order valence-corrected chi connectivity index (χ1v) is 14.9. The first kappa shape index (κ1) is 31.3. The minimum atomic E-state index is -1.61. The summed E-state index contributed by atoms with van der Waals surface area (Å²) in [7, 11) is 0. The second-order valence-corrected chi connectivity index (χ2v) is 12.6. The lowest BCUT2D eigenvalue weighted by atomic mass is 9.97. The molecule has 0 saturated carbocycles. The number of carbonyl (C=O) groups excluding carboxylic acids is 3. The number of ether oxygens (including phenoxy) is 1. The van der Waals surface area contributed by atoms with Gasteiger partial charge >= 0.3 is 0 Å². The molecule has 0 unspecified atom stereocenters. The van der Waals surface area contributed by atoms with E-state index in [9.17, 15) is 19.5 Å². The second-order valence-electron chi connectivity index (χ2n) is 10.6. The molecule has 11 heteroatoms. The molecule has 2 aromatic carbocycles. The summed E-state index contributed by atoms with van der Waals surface area (Å²) < 4.78 is 4.90. The van der Waals surface area contributed by atoms with E-state index in [0.717, 1.165) is 16.7 Å². The molecule has 3 N–H and O–H groups in total. The monoisotopic (exact) mass is 610 g/mol. The summed E-state index contributed by atoms with van der Waals surface area (Å²) in [5.41, 5.74) is 2.85. The molecule has 3 atom stereocenters. The van der Waals surface area contributed by atoms with Crippen LogP contribution < -0.4 is 15.4 Å². The Morgan fingerprint density at radius 2 is 1.83 bits per heavy atom. The number of aryl methyl sites for hydroxylation is 1. The van der Waals surface area contributed by atoms with Gasteiger partial charge in [0.15, 0.2) is 23.6 Å². The summed E-state index contributed by atoms with van der Waals surface area (Å²) in [4.78, 5) is 45.5. The molecule has 0 spiro atoms. The molecule has 0 radical (unpaired) electrons. The molecule has 3 aromatic rings. The Hall–Kier alpha value is -3.60. The molecular formula is C31H35ClN4O5S. The zero-order valence-electron chi connectivity index (χ0n) is 23.7. The Kier molecular flexibility index (Phi) is 10.5. The lowest BCUT2D eigenvalue weighted by Crippen LogP contribution is -2.59. The van der Waals surface area contributed by atoms with E-state index in [1.165, 1.54) is 22.9 Å². The van der Waals surface area contributed by atoms with Crippen molar-refractivity contribution in [3.05, 3.63) is 94.8 Å². The van der Waals surface area contributed by atoms with Gasteiger partial charge in [-0.1, -0.05) is 66.2 Å². The fourth-order valence-electron chi connectivity index (χ4n) is 4.82. The first-order valence-electron chi connectivity index (χ1n) is 13.6. The van der Waals surface area contributed by atoms with Gasteiger partial charge in [0.05, 0.1) is 11.9 Å². The zero-order valence-corrected chi connectivity index (χ0v) is 25.3. The van der Waals surface area contributed by atoms with E-state index >= 15 is 0 Å². The highest BCUT2D eigenvalue weighted by molar-refractivity contribution is 8.00. The average Bonchev–Trinajstić information content (AvgIpc) is 3.30. The van der Waals surface area contributed by atoms with E-state index in [4.69, 9.17) is 16.3 Å². The van der Waals surface area contributed by atoms with Gasteiger partial charge < -0.3 is 25.4 Å². The summed E-state index contributed by atoms with van der Waals surface area (Å²) in [6, 6.07) is 18.4. The van der Waals surface area contributed by atoms with Gasteiger partial charge in [-0.15, -0.1) is 11.8 Å². The van der Waals surface area contributed by atoms with Crippen LogP contribution in [0.4, 0.5) is 0 Å². The number of aromatic nitrogens is 1. The summed E-state index contributed by atoms with van der Waals surface area (Å²) in [5, 5.41) is 17.2. The van der Waals surface area contributed by atoms with Crippen molar-refractivity contribution >= 4 is 41.1 Å². The predicted octanol–water partition coefficient (Wildman–Crippen LogP) is 3.51. The second kappa shape index (κ2) is 14.0. The van der Waals surface area contributed by atoms with Gasteiger partial charge in [-0.25, -0.2) is 4.98 Å². The Bertz CT molecular complexity index is 1410. The Balaban J connectivity index is 1.48. The van der Waals surface area contributed by atoms with Crippen LogP contribution in [0.1, 0.15) is 30.5 Å². The summed E-state index contributed by atoms with van der Waals surface area (Å²) in [5.74, 6) is -1.03. The molecule has 0 bridgehead atoms. The molecule has 42 heavy (non-hydrogen) atoms. The third-order valence-corrected chi connectivity index (χ3v) is 8.81. The largest absolute Gasteiger partial charge is 0.481 e. The van der Waals surface area contributed by atoms with Crippen LogP contribution in [-0.2, 0) is 27.3 Å². The van der Waals surface area contributed by atoms with E-state index in [1.54, 1.807) is 12.1 Å². The highest BCUT2D eigenvalue weighted by Crippen LogP contribution is 2.40. The number of carbonyl (C=O) groups is 3. The third kappa shape index (κ3) is 7.81. The lowest BCUT2D eigenvalue weighted by molar-refractivity contribution is -0.148. The van der Waals surface area contributed by atoms with Crippen LogP contribution in [0.2, 0.25) is 5.15 Å². The number of hydrogen-bond acceptors (Lipinski definition) is 7. The van der Waals surface area contributed by atoms with Crippen molar-refractivity contribution in [3.8, 4) is 5.75 Å². The SMILES string of the molecule is Cc1ccccc1CNC(=O)[C@H]1N(C(=O)[C@@H](O)[C@H](Cc2ccccc2)NC(=O)COc2cccnc2Cl)CSC1(C)C. The molecule has 2 heterocycles. The number of halogens is 1. The molecule has 1 aliphatic heterocycles. The van der Waals surface area contributed by atoms with E-state index < -0.39 is 41.4 Å². The third-order valence-electron chi connectivity index (χ3n) is 7.15. The molecule has 0 aliphatic carbocycles. The van der Waals surface area contributed by atoms with Crippen molar-refractivity contribution in [3.63, 3.8) is 0 Å². The van der Waals surface area contributed by atoms with Crippen LogP contribution in [0.15, 0.2) is 72.9 Å². The van der Waals surface area contributed by atoms with Crippen LogP contribution in [0.3, 0.4) is 0 Å². The topological polar surface area (TPSA) is 121 Å². The summed E-state index contributed by atoms with van der Waals surface area (Å²) >= 11 is 7.48. The smallest absolute Gasteiger partial charge is 0.258 e. The van der Waals surface area contributed by atoms with Crippen LogP contribution >= 0.6 is 23.4 Å². The molecule has 1 fully saturated rings. The highest BCUT2D eigenvalue weighted by Gasteiger charge is 2.49. The number of rotatable bonds is 11. The maximum absolute atomic E-state index is 13.8. The number of pyridine rings is 1. The number of aliphatic hydroxyl groups excluding tert-OH is 1. The van der Waals surface area contributed by atoms with Gasteiger partial charge in [-0.2, -0.15) is 0 Å². The average molecular weight is 611 g/mol. The minimum Gasteiger partial charge on any atom is -0.481 e. The molecule has 9 nitrogen and oxygen atoms in total. The number of thioether (sulfide) groups is 1. The van der Waals surface area contributed by atoms with Crippen molar-refractivity contribution in [1.82, 2.24) is 20.5 Å². The highest BCUT2D eigenvalue weighted by atomic mass is 35.5. The van der Waals surface area contributed by atoms with Crippen molar-refractivity contribution in [2.75, 3.05) is 12.5 Å². The van der Waals surface area contributed by atoms with Crippen LogP contribution in [0.5, 0.6) is 5.75 Å². The standard InChI is InChI=1S/C31H35ClN4O5S/c1-20-10-7-8-13-22(20)17-34-29(39)27-31(2,3)42-19-36(27)30(40)26(38)23(16-21-11-5-4-6-12-21)35-25(37)18-41-24-14-9-15-33-28(24)32/h4-15,23,26-27,38H,16-19H2,1-3H3,(H,34,39)(H,35,37)/t23-,26-,27+/m0/s1. The maximum Gasteiger partial charge on any atom is 0.258 e. The Morgan fingerprint density at radius 1 is 1.12 bits per heavy atom. The van der Waals surface area contributed by atoms with Crippen molar-refractivity contribution in [2.24, 2.45) is 0 Å². The Morgan fingerprint density at radius 3 is 2.55 bits per heavy atom. The zero-order chi connectivity index (χ0) is 30.3. The fraction of sp³-hybridized carbons (Fsp3) is 0.355. The van der Waals surface area contributed by atoms with Gasteiger partial charge in [0, 0.05) is 17.5 Å². The predicted molar refractivity (Wildman–Crippen MR) is 163 cm³/mol. The fourth-order valence-corrected chi connectivity index (χ4v) is 6.14. The van der Waals surface area contributed by atoms with E-state index in [2.05, 4.69) is 15.6 Å². The molecule has 1 aromatic heterocycles. The molecule has 1 aliphatic rings. The maximum atomic E-state index is 13.8. The number of nitrogens with one attached hydrogen (secondary N) is 2. The van der Waals surface area contributed by atoms with Crippen LogP contribution in [0, 0.1) is 6.92 Å². The number of hydrogen-bond donors (Lipinski definition) is 3. The van der Waals surface area contributed by atoms with Gasteiger partial charge in [0.25, 0.3) is 11.8 Å². The van der Waals surface area contributed by atoms with Crippen molar-refractivity contribution < 1.29 is 24.2 Å². The minimum absolute atomic E-state index is 0.113. The number of nitrogens with zero attached hydrogens (tertiary/aromatic N) is 2. The summed E-state index contributed by atoms with van der Waals surface area (Å²) in [6.45, 7) is 5.70. The van der Waals surface area contributed by atoms with E-state index in [-0.39, 0.29) is 29.1 Å². The molecule has 4 rings (SSSR count). The molecular weight excluding hydrogens is 576 g/mol. The van der Waals surface area contributed by atoms with Crippen molar-refractivity contribution in [1.29, 1.82) is 0 Å². The lowest BCUT2D eigenvalue weighted by Gasteiger charge is -2.33. The van der Waals surface area contributed by atoms with Crippen LogP contribution in [-0.4, -0.2) is 68.1 Å². The molecule has 3 amide bonds. The quantitative estimate of drug-likeness (QED) is 0.284. The van der Waals surface area contributed by atoms with Crippen LogP contribution in [0.25, 0.3) is 0 Å². The summed E-state index contributed by atoms with van der Waals surface area (Å²) in [6.07, 6.45) is 0.0699. The number of aliphatic hydroxyl groups is 1. The Labute approximate surface area is 255 Å². The molecule has 222 valence electrons. The first-order chi connectivity index (χ1) is 20.1. The van der Waals surface area contributed by atoms with E-state index in [0.29, 0.717) is 6.54 Å². The van der Waals surface area contributed by atoms with E-state index in [1.807, 2.05) is 75.4 Å².